The number of rotatable bonds is 8. The maximum atomic E-state index is 12.1. The maximum Gasteiger partial charge on any atom is 0.306 e. The minimum absolute atomic E-state index is 0.0397. The third-order valence-corrected chi connectivity index (χ3v) is 3.70. The monoisotopic (exact) mass is 369 g/mol. The second kappa shape index (κ2) is 8.79. The second-order valence-electron chi connectivity index (χ2n) is 5.68. The Bertz CT molecular complexity index is 902. The van der Waals surface area contributed by atoms with Gasteiger partial charge in [0.05, 0.1) is 25.7 Å². The molecule has 1 N–H and O–H groups in total. The smallest absolute Gasteiger partial charge is 0.306 e. The van der Waals surface area contributed by atoms with Gasteiger partial charge in [0.25, 0.3) is 0 Å². The van der Waals surface area contributed by atoms with Crippen LogP contribution in [0.3, 0.4) is 0 Å². The summed E-state index contributed by atoms with van der Waals surface area (Å²) in [5.41, 5.74) is 1.45. The Morgan fingerprint density at radius 3 is 2.78 bits per heavy atom. The van der Waals surface area contributed by atoms with E-state index in [1.165, 1.54) is 6.26 Å². The Labute approximate surface area is 155 Å². The van der Waals surface area contributed by atoms with Gasteiger partial charge in [-0.2, -0.15) is 4.98 Å². The van der Waals surface area contributed by atoms with E-state index in [1.807, 2.05) is 18.2 Å². The highest BCUT2D eigenvalue weighted by atomic mass is 16.5. The van der Waals surface area contributed by atoms with Gasteiger partial charge in [-0.05, 0) is 30.7 Å². The van der Waals surface area contributed by atoms with Gasteiger partial charge >= 0.3 is 5.97 Å². The summed E-state index contributed by atoms with van der Waals surface area (Å²) in [6, 6.07) is 10.8. The number of amides is 1. The fraction of sp³-hybridized carbons (Fsp3) is 0.263. The third-order valence-electron chi connectivity index (χ3n) is 3.70. The molecule has 0 unspecified atom stereocenters. The predicted octanol–water partition coefficient (Wildman–Crippen LogP) is 3.20. The first-order valence-corrected chi connectivity index (χ1v) is 8.55. The van der Waals surface area contributed by atoms with Crippen molar-refractivity contribution in [1.29, 1.82) is 0 Å². The van der Waals surface area contributed by atoms with Crippen molar-refractivity contribution < 1.29 is 23.3 Å². The first-order valence-electron chi connectivity index (χ1n) is 8.55. The van der Waals surface area contributed by atoms with E-state index in [-0.39, 0.29) is 18.7 Å². The number of anilines is 1. The number of nitrogens with one attached hydrogen (secondary N) is 1. The Balaban J connectivity index is 1.64. The molecule has 0 saturated carbocycles. The van der Waals surface area contributed by atoms with Gasteiger partial charge < -0.3 is 19.0 Å². The van der Waals surface area contributed by atoms with Crippen LogP contribution in [0, 0.1) is 0 Å². The van der Waals surface area contributed by atoms with E-state index in [0.717, 1.165) is 5.56 Å². The number of carbonyl (C=O) groups is 2. The van der Waals surface area contributed by atoms with Gasteiger partial charge in [-0.15, -0.1) is 0 Å². The van der Waals surface area contributed by atoms with Crippen molar-refractivity contribution in [2.24, 2.45) is 0 Å². The lowest BCUT2D eigenvalue weighted by Crippen LogP contribution is -2.15. The van der Waals surface area contributed by atoms with Crippen molar-refractivity contribution in [1.82, 2.24) is 10.1 Å². The molecule has 3 rings (SSSR count). The van der Waals surface area contributed by atoms with Crippen LogP contribution in [0.1, 0.15) is 31.2 Å². The number of aromatic nitrogens is 2. The average molecular weight is 369 g/mol. The maximum absolute atomic E-state index is 12.1. The Hall–Kier alpha value is -3.42. The quantitative estimate of drug-likeness (QED) is 0.607. The number of ether oxygens (including phenoxy) is 1. The van der Waals surface area contributed by atoms with Crippen LogP contribution in [0.2, 0.25) is 0 Å². The highest BCUT2D eigenvalue weighted by Crippen LogP contribution is 2.21. The normalized spacial score (nSPS) is 10.6. The molecule has 140 valence electrons. The lowest BCUT2D eigenvalue weighted by Gasteiger charge is -2.09. The molecule has 0 bridgehead atoms. The van der Waals surface area contributed by atoms with E-state index >= 15 is 0 Å². The molecule has 0 radical (unpaired) electrons. The van der Waals surface area contributed by atoms with Gasteiger partial charge in [0.1, 0.15) is 0 Å². The first-order chi connectivity index (χ1) is 13.2. The number of hydrogen-bond acceptors (Lipinski definition) is 7. The third kappa shape index (κ3) is 5.04. The summed E-state index contributed by atoms with van der Waals surface area (Å²) >= 11 is 0. The van der Waals surface area contributed by atoms with Gasteiger partial charge in [0.2, 0.25) is 17.6 Å². The molecule has 2 heterocycles. The van der Waals surface area contributed by atoms with Crippen molar-refractivity contribution >= 4 is 17.6 Å². The SMILES string of the molecule is CCOC(=O)CCC(=O)Nc1ccccc1Cc1nc(-c2ccco2)no1. The van der Waals surface area contributed by atoms with Crippen molar-refractivity contribution in [2.75, 3.05) is 11.9 Å². The van der Waals surface area contributed by atoms with Crippen LogP contribution in [0.15, 0.2) is 51.6 Å². The molecule has 27 heavy (non-hydrogen) atoms. The summed E-state index contributed by atoms with van der Waals surface area (Å²) in [4.78, 5) is 27.8. The van der Waals surface area contributed by atoms with Gasteiger partial charge in [0, 0.05) is 12.1 Å². The zero-order valence-corrected chi connectivity index (χ0v) is 14.8. The van der Waals surface area contributed by atoms with Crippen molar-refractivity contribution in [3.05, 3.63) is 54.1 Å². The molecule has 2 aromatic heterocycles. The highest BCUT2D eigenvalue weighted by molar-refractivity contribution is 5.93. The van der Waals surface area contributed by atoms with Crippen molar-refractivity contribution in [2.45, 2.75) is 26.2 Å². The van der Waals surface area contributed by atoms with Gasteiger partial charge in [0.15, 0.2) is 5.76 Å². The van der Waals surface area contributed by atoms with E-state index in [9.17, 15) is 9.59 Å². The molecule has 8 nitrogen and oxygen atoms in total. The van der Waals surface area contributed by atoms with E-state index in [0.29, 0.717) is 36.2 Å². The lowest BCUT2D eigenvalue weighted by molar-refractivity contribution is -0.144. The molecule has 3 aromatic rings. The molecule has 8 heteroatoms. The fourth-order valence-electron chi connectivity index (χ4n) is 2.45. The largest absolute Gasteiger partial charge is 0.466 e. The van der Waals surface area contributed by atoms with E-state index in [1.54, 1.807) is 25.1 Å². The van der Waals surface area contributed by atoms with Crippen LogP contribution in [-0.4, -0.2) is 28.6 Å². The summed E-state index contributed by atoms with van der Waals surface area (Å²) in [6.45, 7) is 2.02. The summed E-state index contributed by atoms with van der Waals surface area (Å²) in [5, 5.41) is 6.70. The lowest BCUT2D eigenvalue weighted by atomic mass is 10.1. The Kier molecular flexibility index (Phi) is 5.98. The van der Waals surface area contributed by atoms with Crippen LogP contribution in [0.25, 0.3) is 11.6 Å². The zero-order chi connectivity index (χ0) is 19.1. The van der Waals surface area contributed by atoms with Gasteiger partial charge in [-0.3, -0.25) is 9.59 Å². The minimum Gasteiger partial charge on any atom is -0.466 e. The number of furan rings is 1. The minimum atomic E-state index is -0.391. The van der Waals surface area contributed by atoms with Gasteiger partial charge in [-0.25, -0.2) is 0 Å². The van der Waals surface area contributed by atoms with Crippen LogP contribution >= 0.6 is 0 Å². The van der Waals surface area contributed by atoms with E-state index in [4.69, 9.17) is 13.7 Å². The Morgan fingerprint density at radius 2 is 2.00 bits per heavy atom. The van der Waals surface area contributed by atoms with E-state index < -0.39 is 5.97 Å². The summed E-state index contributed by atoms with van der Waals surface area (Å²) in [5.74, 6) is 0.626. The van der Waals surface area contributed by atoms with Crippen molar-refractivity contribution in [3.63, 3.8) is 0 Å². The first kappa shape index (κ1) is 18.4. The van der Waals surface area contributed by atoms with E-state index in [2.05, 4.69) is 15.5 Å². The summed E-state index contributed by atoms with van der Waals surface area (Å²) in [6.07, 6.45) is 1.98. The number of carbonyl (C=O) groups excluding carboxylic acids is 2. The number of esters is 1. The topological polar surface area (TPSA) is 107 Å². The standard InChI is InChI=1S/C19H19N3O5/c1-2-25-18(24)10-9-16(23)20-14-7-4-3-6-13(14)12-17-21-19(22-27-17)15-8-5-11-26-15/h3-8,11H,2,9-10,12H2,1H3,(H,20,23). The molecule has 0 fully saturated rings. The van der Waals surface area contributed by atoms with Crippen LogP contribution in [0.5, 0.6) is 0 Å². The zero-order valence-electron chi connectivity index (χ0n) is 14.8. The highest BCUT2D eigenvalue weighted by Gasteiger charge is 2.14. The molecular formula is C19H19N3O5. The molecular weight excluding hydrogens is 350 g/mol. The second-order valence-corrected chi connectivity index (χ2v) is 5.68. The molecule has 0 aliphatic carbocycles. The molecule has 1 amide bonds. The number of hydrogen-bond donors (Lipinski definition) is 1. The van der Waals surface area contributed by atoms with Gasteiger partial charge in [-0.1, -0.05) is 23.4 Å². The molecule has 0 aliphatic rings. The number of para-hydroxylation sites is 1. The fourth-order valence-corrected chi connectivity index (χ4v) is 2.45. The molecule has 1 aromatic carbocycles. The summed E-state index contributed by atoms with van der Waals surface area (Å²) < 4.78 is 15.3. The predicted molar refractivity (Wildman–Crippen MR) is 95.7 cm³/mol. The van der Waals surface area contributed by atoms with Crippen LogP contribution in [0.4, 0.5) is 5.69 Å². The molecule has 0 atom stereocenters. The summed E-state index contributed by atoms with van der Waals surface area (Å²) in [7, 11) is 0. The average Bonchev–Trinajstić information content (AvgIpc) is 3.33. The number of benzene rings is 1. The molecule has 0 aliphatic heterocycles. The van der Waals surface area contributed by atoms with Crippen molar-refractivity contribution in [3.8, 4) is 11.6 Å². The molecule has 0 saturated heterocycles. The van der Waals surface area contributed by atoms with Crippen LogP contribution in [-0.2, 0) is 20.7 Å². The van der Waals surface area contributed by atoms with Crippen LogP contribution < -0.4 is 5.32 Å². The Morgan fingerprint density at radius 1 is 1.15 bits per heavy atom. The number of nitrogens with zero attached hydrogens (tertiary/aromatic N) is 2. The molecule has 0 spiro atoms.